The lowest BCUT2D eigenvalue weighted by molar-refractivity contribution is 0.0958. The Morgan fingerprint density at radius 1 is 1.60 bits per heavy atom. The summed E-state index contributed by atoms with van der Waals surface area (Å²) in [5.41, 5.74) is 0.351. The third-order valence-corrected chi connectivity index (χ3v) is 2.98. The van der Waals surface area contributed by atoms with E-state index in [0.717, 1.165) is 0 Å². The quantitative estimate of drug-likeness (QED) is 0.889. The van der Waals surface area contributed by atoms with Crippen LogP contribution in [0.25, 0.3) is 5.13 Å². The Bertz CT molecular complexity index is 493. The Balaban J connectivity index is 2.31. The van der Waals surface area contributed by atoms with E-state index >= 15 is 0 Å². The second-order valence-corrected chi connectivity index (χ2v) is 4.79. The van der Waals surface area contributed by atoms with Crippen LogP contribution in [0.1, 0.15) is 10.5 Å². The average Bonchev–Trinajstić information content (AvgIpc) is 2.84. The van der Waals surface area contributed by atoms with Gasteiger partial charge in [0.25, 0.3) is 5.91 Å². The van der Waals surface area contributed by atoms with Gasteiger partial charge in [0.1, 0.15) is 0 Å². The highest BCUT2D eigenvalue weighted by Crippen LogP contribution is 2.18. The fourth-order valence-corrected chi connectivity index (χ4v) is 1.99. The van der Waals surface area contributed by atoms with Gasteiger partial charge in [-0.3, -0.25) is 4.79 Å². The average molecular weight is 288 g/mol. The number of hydrogen-bond donors (Lipinski definition) is 1. The van der Waals surface area contributed by atoms with Crippen LogP contribution >= 0.6 is 27.3 Å². The molecule has 0 radical (unpaired) electrons. The van der Waals surface area contributed by atoms with Crippen molar-refractivity contribution in [3.8, 4) is 5.13 Å². The van der Waals surface area contributed by atoms with Crippen LogP contribution < -0.4 is 5.32 Å². The predicted molar refractivity (Wildman–Crippen MR) is 58.1 cm³/mol. The Kier molecular flexibility index (Phi) is 2.78. The summed E-state index contributed by atoms with van der Waals surface area (Å²) < 4.78 is 2.18. The largest absolute Gasteiger partial charge is 0.354 e. The molecule has 2 aromatic rings. The van der Waals surface area contributed by atoms with Crippen LogP contribution in [0.4, 0.5) is 0 Å². The summed E-state index contributed by atoms with van der Waals surface area (Å²) in [6, 6.07) is 1.62. The number of aromatic nitrogens is 4. The lowest BCUT2D eigenvalue weighted by atomic mass is 10.4. The normalized spacial score (nSPS) is 10.3. The number of nitrogens with one attached hydrogen (secondary N) is 1. The van der Waals surface area contributed by atoms with Crippen LogP contribution in [0.15, 0.2) is 16.2 Å². The highest BCUT2D eigenvalue weighted by molar-refractivity contribution is 9.11. The topological polar surface area (TPSA) is 72.7 Å². The molecule has 0 aliphatic rings. The smallest absolute Gasteiger partial charge is 0.271 e. The van der Waals surface area contributed by atoms with Gasteiger partial charge < -0.3 is 5.32 Å². The van der Waals surface area contributed by atoms with Gasteiger partial charge in [-0.15, -0.1) is 10.2 Å². The van der Waals surface area contributed by atoms with E-state index in [-0.39, 0.29) is 5.91 Å². The third kappa shape index (κ3) is 2.05. The van der Waals surface area contributed by atoms with Gasteiger partial charge in [-0.25, -0.2) is 4.68 Å². The molecule has 2 rings (SSSR count). The van der Waals surface area contributed by atoms with Gasteiger partial charge in [-0.1, -0.05) is 11.3 Å². The first-order chi connectivity index (χ1) is 7.20. The van der Waals surface area contributed by atoms with Crippen LogP contribution in [-0.2, 0) is 0 Å². The molecule has 0 fully saturated rings. The molecule has 78 valence electrons. The summed E-state index contributed by atoms with van der Waals surface area (Å²) in [5, 5.41) is 14.8. The first kappa shape index (κ1) is 10.2. The van der Waals surface area contributed by atoms with E-state index in [0.29, 0.717) is 14.7 Å². The highest BCUT2D eigenvalue weighted by Gasteiger charge is 2.10. The van der Waals surface area contributed by atoms with Gasteiger partial charge in [0.15, 0.2) is 9.61 Å². The van der Waals surface area contributed by atoms with Gasteiger partial charge in [0, 0.05) is 13.2 Å². The van der Waals surface area contributed by atoms with E-state index in [9.17, 15) is 4.79 Å². The maximum absolute atomic E-state index is 11.2. The molecule has 6 nitrogen and oxygen atoms in total. The van der Waals surface area contributed by atoms with Crippen molar-refractivity contribution in [3.63, 3.8) is 0 Å². The summed E-state index contributed by atoms with van der Waals surface area (Å²) in [4.78, 5) is 11.2. The van der Waals surface area contributed by atoms with Crippen LogP contribution in [0.3, 0.4) is 0 Å². The molecule has 2 aromatic heterocycles. The van der Waals surface area contributed by atoms with Gasteiger partial charge >= 0.3 is 0 Å². The standard InChI is InChI=1S/C7H6BrN5OS/c1-9-5(14)4-2-3-13(12-4)7-11-10-6(8)15-7/h2-3H,1H3,(H,9,14). The number of nitrogens with zero attached hydrogens (tertiary/aromatic N) is 4. The lowest BCUT2D eigenvalue weighted by Crippen LogP contribution is -2.18. The minimum atomic E-state index is -0.225. The molecular formula is C7H6BrN5OS. The van der Waals surface area contributed by atoms with Gasteiger partial charge in [0.05, 0.1) is 0 Å². The molecule has 1 amide bonds. The SMILES string of the molecule is CNC(=O)c1ccn(-c2nnc(Br)s2)n1. The van der Waals surface area contributed by atoms with Crippen LogP contribution in [0, 0.1) is 0 Å². The first-order valence-electron chi connectivity index (χ1n) is 3.98. The lowest BCUT2D eigenvalue weighted by Gasteiger charge is -1.93. The molecule has 1 N–H and O–H groups in total. The van der Waals surface area contributed by atoms with Crippen molar-refractivity contribution in [2.24, 2.45) is 0 Å². The molecule has 0 saturated heterocycles. The second-order valence-electron chi connectivity index (χ2n) is 2.56. The number of halogens is 1. The Labute approximate surface area is 97.5 Å². The second kappa shape index (κ2) is 4.07. The first-order valence-corrected chi connectivity index (χ1v) is 5.59. The Hall–Kier alpha value is -1.28. The molecule has 8 heteroatoms. The number of amides is 1. The molecule has 0 atom stereocenters. The molecule has 2 heterocycles. The fourth-order valence-electron chi connectivity index (χ4n) is 0.970. The zero-order valence-corrected chi connectivity index (χ0v) is 10.0. The molecular weight excluding hydrogens is 282 g/mol. The molecule has 0 saturated carbocycles. The molecule has 15 heavy (non-hydrogen) atoms. The summed E-state index contributed by atoms with van der Waals surface area (Å²) in [5.74, 6) is -0.225. The zero-order valence-electron chi connectivity index (χ0n) is 7.64. The van der Waals surface area contributed by atoms with E-state index in [2.05, 4.69) is 36.5 Å². The summed E-state index contributed by atoms with van der Waals surface area (Å²) in [6.45, 7) is 0. The van der Waals surface area contributed by atoms with Crippen molar-refractivity contribution in [2.45, 2.75) is 0 Å². The zero-order chi connectivity index (χ0) is 10.8. The summed E-state index contributed by atoms with van der Waals surface area (Å²) in [7, 11) is 1.56. The highest BCUT2D eigenvalue weighted by atomic mass is 79.9. The fraction of sp³-hybridized carbons (Fsp3) is 0.143. The molecule has 0 aromatic carbocycles. The van der Waals surface area contributed by atoms with Crippen molar-refractivity contribution in [1.29, 1.82) is 0 Å². The van der Waals surface area contributed by atoms with Crippen LogP contribution in [0.5, 0.6) is 0 Å². The molecule has 0 bridgehead atoms. The van der Waals surface area contributed by atoms with E-state index in [1.165, 1.54) is 16.0 Å². The number of carbonyl (C=O) groups excluding carboxylic acids is 1. The van der Waals surface area contributed by atoms with Gasteiger partial charge in [0.2, 0.25) is 5.13 Å². The minimum absolute atomic E-state index is 0.225. The third-order valence-electron chi connectivity index (χ3n) is 1.63. The van der Waals surface area contributed by atoms with E-state index < -0.39 is 0 Å². The maximum atomic E-state index is 11.2. The van der Waals surface area contributed by atoms with E-state index in [4.69, 9.17) is 0 Å². The molecule has 0 aliphatic heterocycles. The number of hydrogen-bond acceptors (Lipinski definition) is 5. The van der Waals surface area contributed by atoms with Crippen molar-refractivity contribution in [1.82, 2.24) is 25.3 Å². The predicted octanol–water partition coefficient (Wildman–Crippen LogP) is 0.846. The summed E-state index contributed by atoms with van der Waals surface area (Å²) in [6.07, 6.45) is 1.66. The van der Waals surface area contributed by atoms with E-state index in [1.807, 2.05) is 0 Å². The molecule has 0 aliphatic carbocycles. The van der Waals surface area contributed by atoms with E-state index in [1.54, 1.807) is 19.3 Å². The Morgan fingerprint density at radius 3 is 3.00 bits per heavy atom. The summed E-state index contributed by atoms with van der Waals surface area (Å²) >= 11 is 4.54. The molecule has 0 spiro atoms. The van der Waals surface area contributed by atoms with Crippen molar-refractivity contribution < 1.29 is 4.79 Å². The number of carbonyl (C=O) groups is 1. The molecule has 0 unspecified atom stereocenters. The minimum Gasteiger partial charge on any atom is -0.354 e. The Morgan fingerprint density at radius 2 is 2.40 bits per heavy atom. The van der Waals surface area contributed by atoms with Crippen LogP contribution in [-0.4, -0.2) is 32.9 Å². The number of rotatable bonds is 2. The maximum Gasteiger partial charge on any atom is 0.271 e. The van der Waals surface area contributed by atoms with Gasteiger partial charge in [-0.05, 0) is 22.0 Å². The van der Waals surface area contributed by atoms with Crippen molar-refractivity contribution in [3.05, 3.63) is 21.9 Å². The van der Waals surface area contributed by atoms with Gasteiger partial charge in [-0.2, -0.15) is 5.10 Å². The van der Waals surface area contributed by atoms with Crippen molar-refractivity contribution in [2.75, 3.05) is 7.05 Å². The van der Waals surface area contributed by atoms with Crippen LogP contribution in [0.2, 0.25) is 0 Å². The van der Waals surface area contributed by atoms with Crippen molar-refractivity contribution >= 4 is 33.2 Å². The monoisotopic (exact) mass is 287 g/mol.